The Hall–Kier alpha value is -1.78. The molecule has 0 aliphatic heterocycles. The van der Waals surface area contributed by atoms with Crippen molar-refractivity contribution in [2.75, 3.05) is 25.6 Å². The summed E-state index contributed by atoms with van der Waals surface area (Å²) in [5.74, 6) is 0.923. The van der Waals surface area contributed by atoms with E-state index >= 15 is 0 Å². The maximum atomic E-state index is 5.52. The van der Waals surface area contributed by atoms with Crippen molar-refractivity contribution in [3.63, 3.8) is 0 Å². The maximum absolute atomic E-state index is 5.52. The molecule has 1 atom stereocenters. The van der Waals surface area contributed by atoms with Crippen LogP contribution in [0.15, 0.2) is 47.1 Å². The molecule has 1 heterocycles. The molecule has 0 saturated carbocycles. The molecule has 20 heavy (non-hydrogen) atoms. The number of anilines is 1. The lowest BCUT2D eigenvalue weighted by molar-refractivity contribution is 0.0617. The van der Waals surface area contributed by atoms with Gasteiger partial charge in [0.25, 0.3) is 0 Å². The van der Waals surface area contributed by atoms with Crippen molar-refractivity contribution in [1.29, 1.82) is 0 Å². The van der Waals surface area contributed by atoms with Crippen LogP contribution in [0.25, 0.3) is 0 Å². The van der Waals surface area contributed by atoms with Crippen LogP contribution in [0.3, 0.4) is 0 Å². The summed E-state index contributed by atoms with van der Waals surface area (Å²) in [5.41, 5.74) is 2.19. The van der Waals surface area contributed by atoms with E-state index in [1.54, 1.807) is 13.4 Å². The van der Waals surface area contributed by atoms with E-state index in [0.717, 1.165) is 17.0 Å². The number of rotatable bonds is 8. The average Bonchev–Trinajstić information content (AvgIpc) is 2.98. The van der Waals surface area contributed by atoms with Crippen LogP contribution >= 0.6 is 0 Å². The Morgan fingerprint density at radius 1 is 1.20 bits per heavy atom. The summed E-state index contributed by atoms with van der Waals surface area (Å²) in [6.07, 6.45) is 1.69. The molecule has 108 valence electrons. The molecule has 0 saturated heterocycles. The first-order valence-corrected chi connectivity index (χ1v) is 6.75. The van der Waals surface area contributed by atoms with Crippen molar-refractivity contribution >= 4 is 5.69 Å². The third-order valence-electron chi connectivity index (χ3n) is 2.98. The smallest absolute Gasteiger partial charge is 0.125 e. The molecular formula is C16H21NO3. The highest BCUT2D eigenvalue weighted by atomic mass is 16.5. The van der Waals surface area contributed by atoms with Gasteiger partial charge in [-0.3, -0.25) is 0 Å². The lowest BCUT2D eigenvalue weighted by Gasteiger charge is -2.14. The van der Waals surface area contributed by atoms with Crippen molar-refractivity contribution in [3.05, 3.63) is 54.0 Å². The zero-order valence-corrected chi connectivity index (χ0v) is 12.0. The molecule has 1 unspecified atom stereocenters. The average molecular weight is 275 g/mol. The molecule has 0 amide bonds. The van der Waals surface area contributed by atoms with E-state index in [4.69, 9.17) is 13.9 Å². The summed E-state index contributed by atoms with van der Waals surface area (Å²) in [4.78, 5) is 0. The van der Waals surface area contributed by atoms with E-state index in [1.165, 1.54) is 0 Å². The first kappa shape index (κ1) is 14.6. The number of ether oxygens (including phenoxy) is 2. The Morgan fingerprint density at radius 3 is 2.85 bits per heavy atom. The van der Waals surface area contributed by atoms with E-state index in [0.29, 0.717) is 19.8 Å². The first-order valence-electron chi connectivity index (χ1n) is 6.75. The third kappa shape index (κ3) is 4.40. The Morgan fingerprint density at radius 2 is 2.10 bits per heavy atom. The monoisotopic (exact) mass is 275 g/mol. The molecule has 1 aromatic carbocycles. The lowest BCUT2D eigenvalue weighted by atomic mass is 10.2. The summed E-state index contributed by atoms with van der Waals surface area (Å²) < 4.78 is 15.9. The number of benzene rings is 1. The molecule has 0 radical (unpaired) electrons. The van der Waals surface area contributed by atoms with Gasteiger partial charge in [0.1, 0.15) is 5.76 Å². The highest BCUT2D eigenvalue weighted by Gasteiger charge is 2.07. The van der Waals surface area contributed by atoms with E-state index in [2.05, 4.69) is 24.4 Å². The molecule has 4 nitrogen and oxygen atoms in total. The van der Waals surface area contributed by atoms with Crippen molar-refractivity contribution in [3.8, 4) is 0 Å². The molecule has 1 aromatic heterocycles. The second-order valence-electron chi connectivity index (χ2n) is 4.63. The maximum Gasteiger partial charge on any atom is 0.125 e. The molecule has 1 N–H and O–H groups in total. The highest BCUT2D eigenvalue weighted by molar-refractivity contribution is 5.46. The third-order valence-corrected chi connectivity index (χ3v) is 2.98. The summed E-state index contributed by atoms with van der Waals surface area (Å²) in [7, 11) is 1.67. The summed E-state index contributed by atoms with van der Waals surface area (Å²) in [6, 6.07) is 12.2. The second kappa shape index (κ2) is 7.72. The van der Waals surface area contributed by atoms with Crippen LogP contribution in [0.4, 0.5) is 5.69 Å². The highest BCUT2D eigenvalue weighted by Crippen LogP contribution is 2.20. The molecular weight excluding hydrogens is 254 g/mol. The molecule has 0 aliphatic carbocycles. The van der Waals surface area contributed by atoms with Gasteiger partial charge < -0.3 is 19.2 Å². The Labute approximate surface area is 119 Å². The largest absolute Gasteiger partial charge is 0.467 e. The lowest BCUT2D eigenvalue weighted by Crippen LogP contribution is -2.06. The van der Waals surface area contributed by atoms with Gasteiger partial charge in [0.05, 0.1) is 32.1 Å². The summed E-state index contributed by atoms with van der Waals surface area (Å²) in [6.45, 7) is 3.89. The van der Waals surface area contributed by atoms with Crippen molar-refractivity contribution < 1.29 is 13.9 Å². The van der Waals surface area contributed by atoms with Gasteiger partial charge in [0.15, 0.2) is 0 Å². The van der Waals surface area contributed by atoms with E-state index in [9.17, 15) is 0 Å². The van der Waals surface area contributed by atoms with Gasteiger partial charge in [0, 0.05) is 12.8 Å². The molecule has 0 bridgehead atoms. The van der Waals surface area contributed by atoms with Gasteiger partial charge in [0.2, 0.25) is 0 Å². The minimum Gasteiger partial charge on any atom is -0.467 e. The fourth-order valence-electron chi connectivity index (χ4n) is 1.94. The number of methoxy groups -OCH3 is 1. The van der Waals surface area contributed by atoms with Gasteiger partial charge >= 0.3 is 0 Å². The van der Waals surface area contributed by atoms with Crippen molar-refractivity contribution in [2.24, 2.45) is 0 Å². The zero-order valence-electron chi connectivity index (χ0n) is 12.0. The molecule has 2 aromatic rings. The molecule has 0 spiro atoms. The Bertz CT molecular complexity index is 496. The van der Waals surface area contributed by atoms with Crippen LogP contribution in [-0.2, 0) is 16.1 Å². The van der Waals surface area contributed by atoms with Crippen LogP contribution in [0.5, 0.6) is 0 Å². The number of hydrogen-bond donors (Lipinski definition) is 1. The van der Waals surface area contributed by atoms with Crippen LogP contribution in [-0.4, -0.2) is 20.3 Å². The second-order valence-corrected chi connectivity index (χ2v) is 4.63. The van der Waals surface area contributed by atoms with Crippen LogP contribution < -0.4 is 5.32 Å². The van der Waals surface area contributed by atoms with Crippen LogP contribution in [0, 0.1) is 0 Å². The van der Waals surface area contributed by atoms with E-state index in [-0.39, 0.29) is 6.04 Å². The first-order chi connectivity index (χ1) is 9.79. The number of hydrogen-bond acceptors (Lipinski definition) is 4. The van der Waals surface area contributed by atoms with E-state index in [1.807, 2.05) is 24.3 Å². The topological polar surface area (TPSA) is 43.6 Å². The Kier molecular flexibility index (Phi) is 5.65. The predicted molar refractivity (Wildman–Crippen MR) is 78.7 cm³/mol. The fraction of sp³-hybridized carbons (Fsp3) is 0.375. The molecule has 0 aliphatic rings. The zero-order chi connectivity index (χ0) is 14.2. The standard InChI is InChI=1S/C16H21NO3/c1-13(16-7-4-8-20-16)17-15-6-3-5-14(11-15)12-19-10-9-18-2/h3-8,11,13,17H,9-10,12H2,1-2H3. The van der Waals surface area contributed by atoms with Gasteiger partial charge in [-0.2, -0.15) is 0 Å². The minimum atomic E-state index is 0.134. The SMILES string of the molecule is COCCOCc1cccc(NC(C)c2ccco2)c1. The van der Waals surface area contributed by atoms with Crippen LogP contribution in [0.1, 0.15) is 24.3 Å². The van der Waals surface area contributed by atoms with Crippen LogP contribution in [0.2, 0.25) is 0 Å². The van der Waals surface area contributed by atoms with Crippen molar-refractivity contribution in [2.45, 2.75) is 19.6 Å². The number of nitrogens with one attached hydrogen (secondary N) is 1. The number of furan rings is 1. The summed E-state index contributed by atoms with van der Waals surface area (Å²) >= 11 is 0. The van der Waals surface area contributed by atoms with Gasteiger partial charge in [-0.15, -0.1) is 0 Å². The van der Waals surface area contributed by atoms with E-state index < -0.39 is 0 Å². The normalized spacial score (nSPS) is 12.3. The fourth-order valence-corrected chi connectivity index (χ4v) is 1.94. The predicted octanol–water partition coefficient (Wildman–Crippen LogP) is 3.62. The Balaban J connectivity index is 1.89. The van der Waals surface area contributed by atoms with Crippen molar-refractivity contribution in [1.82, 2.24) is 0 Å². The molecule has 4 heteroatoms. The quantitative estimate of drug-likeness (QED) is 0.747. The molecule has 0 fully saturated rings. The van der Waals surface area contributed by atoms with Gasteiger partial charge in [-0.05, 0) is 36.8 Å². The van der Waals surface area contributed by atoms with Gasteiger partial charge in [-0.25, -0.2) is 0 Å². The molecule has 2 rings (SSSR count). The van der Waals surface area contributed by atoms with Gasteiger partial charge in [-0.1, -0.05) is 12.1 Å². The minimum absolute atomic E-state index is 0.134. The summed E-state index contributed by atoms with van der Waals surface area (Å²) in [5, 5.41) is 3.41.